The van der Waals surface area contributed by atoms with Crippen molar-refractivity contribution in [2.75, 3.05) is 40.3 Å². The van der Waals surface area contributed by atoms with Gasteiger partial charge < -0.3 is 15.0 Å². The highest BCUT2D eigenvalue weighted by molar-refractivity contribution is 6.30. The number of halogens is 3. The van der Waals surface area contributed by atoms with Crippen molar-refractivity contribution < 1.29 is 18.3 Å². The molecule has 2 atom stereocenters. The van der Waals surface area contributed by atoms with Gasteiger partial charge in [-0.05, 0) is 32.4 Å². The number of alkyl halides is 1. The highest BCUT2D eigenvalue weighted by atomic mass is 35.5. The van der Waals surface area contributed by atoms with Gasteiger partial charge in [0.25, 0.3) is 5.91 Å². The predicted molar refractivity (Wildman–Crippen MR) is 136 cm³/mol. The SMILES string of the molecule is CN(C)C(=O)c1nn2c(c1-c1nc(OC[C@@]34CCCN3C[C@H](F)C4)nc3c(F)c(Cl)ncc13)CNCCC2. The molecule has 0 saturated carbocycles. The van der Waals surface area contributed by atoms with Gasteiger partial charge in [0.2, 0.25) is 0 Å². The monoisotopic (exact) mass is 546 g/mol. The number of carbonyl (C=O) groups excluding carboxylic acids is 1. The number of amides is 1. The van der Waals surface area contributed by atoms with Crippen molar-refractivity contribution in [1.29, 1.82) is 0 Å². The van der Waals surface area contributed by atoms with Crippen LogP contribution in [0.3, 0.4) is 0 Å². The van der Waals surface area contributed by atoms with Crippen molar-refractivity contribution in [2.24, 2.45) is 0 Å². The van der Waals surface area contributed by atoms with E-state index >= 15 is 4.39 Å². The summed E-state index contributed by atoms with van der Waals surface area (Å²) in [6.45, 7) is 3.23. The van der Waals surface area contributed by atoms with E-state index < -0.39 is 17.5 Å². The molecule has 2 saturated heterocycles. The van der Waals surface area contributed by atoms with Gasteiger partial charge in [0.05, 0.1) is 22.5 Å². The lowest BCUT2D eigenvalue weighted by atomic mass is 9.95. The van der Waals surface area contributed by atoms with Crippen molar-refractivity contribution in [2.45, 2.75) is 50.5 Å². The second-order valence-electron chi connectivity index (χ2n) is 10.5. The van der Waals surface area contributed by atoms with Crippen LogP contribution < -0.4 is 10.1 Å². The Morgan fingerprint density at radius 2 is 2.16 bits per heavy atom. The number of hydrogen-bond donors (Lipinski definition) is 1. The molecule has 38 heavy (non-hydrogen) atoms. The summed E-state index contributed by atoms with van der Waals surface area (Å²) in [5.74, 6) is -1.11. The number of aryl methyl sites for hydroxylation is 1. The average Bonchev–Trinajstić information content (AvgIpc) is 3.48. The number of pyridine rings is 1. The van der Waals surface area contributed by atoms with Crippen LogP contribution in [0.15, 0.2) is 6.20 Å². The van der Waals surface area contributed by atoms with E-state index in [-0.39, 0.29) is 40.3 Å². The minimum Gasteiger partial charge on any atom is -0.461 e. The van der Waals surface area contributed by atoms with Gasteiger partial charge >= 0.3 is 6.01 Å². The molecule has 0 spiro atoms. The van der Waals surface area contributed by atoms with E-state index in [1.54, 1.807) is 18.8 Å². The van der Waals surface area contributed by atoms with Crippen molar-refractivity contribution in [3.05, 3.63) is 28.6 Å². The second kappa shape index (κ2) is 9.65. The fourth-order valence-corrected chi connectivity index (χ4v) is 6.09. The quantitative estimate of drug-likeness (QED) is 0.488. The smallest absolute Gasteiger partial charge is 0.317 e. The third-order valence-corrected chi connectivity index (χ3v) is 8.03. The lowest BCUT2D eigenvalue weighted by Crippen LogP contribution is -2.43. The summed E-state index contributed by atoms with van der Waals surface area (Å²) in [6.07, 6.45) is 3.47. The lowest BCUT2D eigenvalue weighted by molar-refractivity contribution is 0.0821. The Bertz CT molecular complexity index is 1420. The molecule has 0 bridgehead atoms. The van der Waals surface area contributed by atoms with Crippen molar-refractivity contribution in [3.63, 3.8) is 0 Å². The van der Waals surface area contributed by atoms with E-state index in [9.17, 15) is 9.18 Å². The van der Waals surface area contributed by atoms with Crippen LogP contribution in [0.4, 0.5) is 8.78 Å². The summed E-state index contributed by atoms with van der Waals surface area (Å²) in [5, 5.41) is 7.96. The van der Waals surface area contributed by atoms with Crippen molar-refractivity contribution >= 4 is 28.4 Å². The summed E-state index contributed by atoms with van der Waals surface area (Å²) < 4.78 is 37.5. The van der Waals surface area contributed by atoms with Crippen molar-refractivity contribution in [1.82, 2.24) is 39.8 Å². The van der Waals surface area contributed by atoms with Crippen LogP contribution in [-0.4, -0.2) is 92.5 Å². The van der Waals surface area contributed by atoms with E-state index in [1.165, 1.54) is 11.1 Å². The van der Waals surface area contributed by atoms with Gasteiger partial charge in [0, 0.05) is 51.7 Å². The van der Waals surface area contributed by atoms with Crippen LogP contribution in [0.1, 0.15) is 41.9 Å². The molecule has 2 fully saturated rings. The number of fused-ring (bicyclic) bond motifs is 3. The molecule has 3 aliphatic heterocycles. The molecule has 1 amide bonds. The Labute approximate surface area is 223 Å². The number of rotatable bonds is 5. The Hall–Kier alpha value is -2.96. The maximum atomic E-state index is 15.3. The van der Waals surface area contributed by atoms with Crippen LogP contribution in [-0.2, 0) is 13.1 Å². The Balaban J connectivity index is 1.51. The molecule has 1 N–H and O–H groups in total. The topological polar surface area (TPSA) is 101 Å². The predicted octanol–water partition coefficient (Wildman–Crippen LogP) is 2.83. The Kier molecular flexibility index (Phi) is 6.43. The zero-order valence-corrected chi connectivity index (χ0v) is 22.1. The molecule has 0 aromatic carbocycles. The fraction of sp³-hybridized carbons (Fsp3) is 0.560. The molecule has 0 unspecified atom stereocenters. The molecule has 202 valence electrons. The van der Waals surface area contributed by atoms with Gasteiger partial charge in [-0.25, -0.2) is 13.8 Å². The Morgan fingerprint density at radius 1 is 1.32 bits per heavy atom. The first-order valence-electron chi connectivity index (χ1n) is 12.8. The first-order chi connectivity index (χ1) is 18.3. The molecule has 0 radical (unpaired) electrons. The third-order valence-electron chi connectivity index (χ3n) is 7.77. The molecule has 10 nitrogen and oxygen atoms in total. The average molecular weight is 547 g/mol. The van der Waals surface area contributed by atoms with E-state index in [1.807, 2.05) is 0 Å². The summed E-state index contributed by atoms with van der Waals surface area (Å²) in [5.41, 5.74) is 1.22. The zero-order valence-electron chi connectivity index (χ0n) is 21.3. The zero-order chi connectivity index (χ0) is 26.6. The molecule has 3 aromatic rings. The maximum Gasteiger partial charge on any atom is 0.317 e. The van der Waals surface area contributed by atoms with E-state index in [4.69, 9.17) is 21.3 Å². The summed E-state index contributed by atoms with van der Waals surface area (Å²) in [7, 11) is 3.30. The minimum absolute atomic E-state index is 0.0645. The number of hydrogen-bond acceptors (Lipinski definition) is 8. The van der Waals surface area contributed by atoms with Gasteiger partial charge in [0.1, 0.15) is 18.3 Å². The second-order valence-corrected chi connectivity index (χ2v) is 10.8. The van der Waals surface area contributed by atoms with Gasteiger partial charge in [-0.3, -0.25) is 14.4 Å². The molecule has 3 aromatic heterocycles. The van der Waals surface area contributed by atoms with Gasteiger partial charge in [0.15, 0.2) is 16.7 Å². The first-order valence-corrected chi connectivity index (χ1v) is 13.2. The molecular formula is C25H29ClF2N8O2. The maximum absolute atomic E-state index is 15.3. The molecule has 13 heteroatoms. The standard InChI is InChI=1S/C25H29ClF2N8O2/c1-34(2)23(37)21-17(16-11-29-6-4-8-36(16)33-21)19-15-10-30-22(26)18(28)20(15)32-24(31-19)38-13-25-5-3-7-35(25)12-14(27)9-25/h10,14,29H,3-9,11-13H2,1-2H3/t14-,25+/m1/s1. The highest BCUT2D eigenvalue weighted by Crippen LogP contribution is 2.41. The largest absolute Gasteiger partial charge is 0.461 e. The minimum atomic E-state index is -0.913. The molecule has 6 heterocycles. The summed E-state index contributed by atoms with van der Waals surface area (Å²) in [6, 6.07) is -0.0676. The number of carbonyl (C=O) groups is 1. The molecular weight excluding hydrogens is 518 g/mol. The summed E-state index contributed by atoms with van der Waals surface area (Å²) >= 11 is 6.02. The first kappa shape index (κ1) is 25.3. The third kappa shape index (κ3) is 4.18. The van der Waals surface area contributed by atoms with Crippen LogP contribution in [0.2, 0.25) is 5.15 Å². The van der Waals surface area contributed by atoms with Crippen molar-refractivity contribution in [3.8, 4) is 17.3 Å². The Morgan fingerprint density at radius 3 is 2.97 bits per heavy atom. The number of aromatic nitrogens is 5. The van der Waals surface area contributed by atoms with Crippen LogP contribution in [0.25, 0.3) is 22.2 Å². The van der Waals surface area contributed by atoms with Gasteiger partial charge in [-0.15, -0.1) is 0 Å². The molecule has 0 aliphatic carbocycles. The summed E-state index contributed by atoms with van der Waals surface area (Å²) in [4.78, 5) is 29.8. The van der Waals surface area contributed by atoms with Gasteiger partial charge in [-0.2, -0.15) is 15.1 Å². The van der Waals surface area contributed by atoms with E-state index in [0.29, 0.717) is 37.3 Å². The number of ether oxygens (including phenoxy) is 1. The normalized spacial score (nSPS) is 23.3. The molecule has 3 aliphatic rings. The fourth-order valence-electron chi connectivity index (χ4n) is 5.95. The number of nitrogens with zero attached hydrogens (tertiary/aromatic N) is 7. The van der Waals surface area contributed by atoms with Gasteiger partial charge in [-0.1, -0.05) is 11.6 Å². The molecule has 6 rings (SSSR count). The highest BCUT2D eigenvalue weighted by Gasteiger charge is 2.49. The lowest BCUT2D eigenvalue weighted by Gasteiger charge is -2.30. The van der Waals surface area contributed by atoms with E-state index in [2.05, 4.69) is 25.3 Å². The van der Waals surface area contributed by atoms with Crippen LogP contribution >= 0.6 is 11.6 Å². The number of nitrogens with one attached hydrogen (secondary N) is 1. The van der Waals surface area contributed by atoms with Crippen LogP contribution in [0, 0.1) is 5.82 Å². The van der Waals surface area contributed by atoms with Crippen LogP contribution in [0.5, 0.6) is 6.01 Å². The van der Waals surface area contributed by atoms with E-state index in [0.717, 1.165) is 38.0 Å².